The minimum atomic E-state index is 0.941. The first-order valence-electron chi connectivity index (χ1n) is 6.13. The lowest BCUT2D eigenvalue weighted by atomic mass is 10.2. The summed E-state index contributed by atoms with van der Waals surface area (Å²) in [5, 5.41) is 0. The molecule has 1 nitrogen and oxygen atoms in total. The SMILES string of the molecule is COc1cccc(CSCCc2ccccc2)c1. The third kappa shape index (κ3) is 4.11. The third-order valence-corrected chi connectivity index (χ3v) is 3.81. The zero-order chi connectivity index (χ0) is 12.6. The molecule has 0 bridgehead atoms. The molecule has 0 fully saturated rings. The van der Waals surface area contributed by atoms with Gasteiger partial charge >= 0.3 is 0 Å². The van der Waals surface area contributed by atoms with Crippen LogP contribution in [0.3, 0.4) is 0 Å². The number of ether oxygens (including phenoxy) is 1. The molecule has 0 atom stereocenters. The maximum absolute atomic E-state index is 5.22. The number of benzene rings is 2. The van der Waals surface area contributed by atoms with Gasteiger partial charge in [-0.1, -0.05) is 42.5 Å². The molecular weight excluding hydrogens is 240 g/mol. The number of hydrogen-bond donors (Lipinski definition) is 0. The summed E-state index contributed by atoms with van der Waals surface area (Å²) in [5.41, 5.74) is 2.74. The maximum Gasteiger partial charge on any atom is 0.119 e. The molecule has 0 amide bonds. The zero-order valence-corrected chi connectivity index (χ0v) is 11.5. The topological polar surface area (TPSA) is 9.23 Å². The van der Waals surface area contributed by atoms with Gasteiger partial charge in [0, 0.05) is 5.75 Å². The zero-order valence-electron chi connectivity index (χ0n) is 10.6. The first-order valence-corrected chi connectivity index (χ1v) is 7.28. The molecule has 18 heavy (non-hydrogen) atoms. The van der Waals surface area contributed by atoms with Crippen LogP contribution in [0.5, 0.6) is 5.75 Å². The number of methoxy groups -OCH3 is 1. The molecule has 0 aliphatic rings. The van der Waals surface area contributed by atoms with Gasteiger partial charge < -0.3 is 4.74 Å². The van der Waals surface area contributed by atoms with Gasteiger partial charge in [-0.15, -0.1) is 0 Å². The highest BCUT2D eigenvalue weighted by molar-refractivity contribution is 7.98. The van der Waals surface area contributed by atoms with E-state index in [0.29, 0.717) is 0 Å². The van der Waals surface area contributed by atoms with Gasteiger partial charge in [-0.05, 0) is 35.4 Å². The summed E-state index contributed by atoms with van der Waals surface area (Å²) in [5.74, 6) is 3.14. The van der Waals surface area contributed by atoms with Gasteiger partial charge in [0.2, 0.25) is 0 Å². The largest absolute Gasteiger partial charge is 0.497 e. The van der Waals surface area contributed by atoms with Gasteiger partial charge in [0.1, 0.15) is 5.75 Å². The Bertz CT molecular complexity index is 468. The molecule has 0 unspecified atom stereocenters. The highest BCUT2D eigenvalue weighted by atomic mass is 32.2. The molecule has 0 aromatic heterocycles. The second-order valence-electron chi connectivity index (χ2n) is 4.14. The number of aryl methyl sites for hydroxylation is 1. The Kier molecular flexibility index (Phi) is 5.15. The lowest BCUT2D eigenvalue weighted by Crippen LogP contribution is -1.90. The third-order valence-electron chi connectivity index (χ3n) is 2.78. The molecule has 0 radical (unpaired) electrons. The number of thioether (sulfide) groups is 1. The second-order valence-corrected chi connectivity index (χ2v) is 5.24. The van der Waals surface area contributed by atoms with Crippen molar-refractivity contribution in [2.45, 2.75) is 12.2 Å². The van der Waals surface area contributed by atoms with Crippen molar-refractivity contribution in [2.75, 3.05) is 12.9 Å². The van der Waals surface area contributed by atoms with E-state index in [4.69, 9.17) is 4.74 Å². The first kappa shape index (κ1) is 13.0. The smallest absolute Gasteiger partial charge is 0.119 e. The highest BCUT2D eigenvalue weighted by Gasteiger charge is 1.97. The monoisotopic (exact) mass is 258 g/mol. The van der Waals surface area contributed by atoms with E-state index in [1.807, 2.05) is 23.9 Å². The molecule has 2 heteroatoms. The van der Waals surface area contributed by atoms with Crippen LogP contribution in [0, 0.1) is 0 Å². The summed E-state index contributed by atoms with van der Waals surface area (Å²) in [6, 6.07) is 18.9. The summed E-state index contributed by atoms with van der Waals surface area (Å²) >= 11 is 1.96. The summed E-state index contributed by atoms with van der Waals surface area (Å²) in [7, 11) is 1.71. The molecule has 2 aromatic rings. The van der Waals surface area contributed by atoms with E-state index in [2.05, 4.69) is 42.5 Å². The van der Waals surface area contributed by atoms with Crippen LogP contribution < -0.4 is 4.74 Å². The second kappa shape index (κ2) is 7.12. The van der Waals surface area contributed by atoms with Gasteiger partial charge in [-0.3, -0.25) is 0 Å². The predicted octanol–water partition coefficient (Wildman–Crippen LogP) is 4.17. The molecule has 94 valence electrons. The quantitative estimate of drug-likeness (QED) is 0.719. The molecule has 0 N–H and O–H groups in total. The average Bonchev–Trinajstić information content (AvgIpc) is 2.45. The lowest BCUT2D eigenvalue weighted by molar-refractivity contribution is 0.414. The first-order chi connectivity index (χ1) is 8.88. The fourth-order valence-corrected chi connectivity index (χ4v) is 2.73. The molecule has 0 heterocycles. The average molecular weight is 258 g/mol. The fraction of sp³-hybridized carbons (Fsp3) is 0.250. The van der Waals surface area contributed by atoms with E-state index in [1.54, 1.807) is 7.11 Å². The van der Waals surface area contributed by atoms with Crippen molar-refractivity contribution in [3.63, 3.8) is 0 Å². The van der Waals surface area contributed by atoms with Crippen LogP contribution in [-0.2, 0) is 12.2 Å². The van der Waals surface area contributed by atoms with Crippen molar-refractivity contribution >= 4 is 11.8 Å². The highest BCUT2D eigenvalue weighted by Crippen LogP contribution is 2.18. The Morgan fingerprint density at radius 3 is 2.50 bits per heavy atom. The van der Waals surface area contributed by atoms with Gasteiger partial charge in [0.25, 0.3) is 0 Å². The molecule has 2 rings (SSSR count). The summed E-state index contributed by atoms with van der Waals surface area (Å²) in [6.45, 7) is 0. The fourth-order valence-electron chi connectivity index (χ4n) is 1.79. The van der Waals surface area contributed by atoms with Crippen LogP contribution in [0.2, 0.25) is 0 Å². The Labute approximate surface area is 113 Å². The number of rotatable bonds is 6. The minimum absolute atomic E-state index is 0.941. The van der Waals surface area contributed by atoms with Crippen LogP contribution in [0.15, 0.2) is 54.6 Å². The van der Waals surface area contributed by atoms with E-state index in [9.17, 15) is 0 Å². The van der Waals surface area contributed by atoms with Crippen molar-refractivity contribution in [1.29, 1.82) is 0 Å². The van der Waals surface area contributed by atoms with Gasteiger partial charge in [0.15, 0.2) is 0 Å². The molecule has 0 aliphatic heterocycles. The van der Waals surface area contributed by atoms with E-state index >= 15 is 0 Å². The lowest BCUT2D eigenvalue weighted by Gasteiger charge is -2.05. The van der Waals surface area contributed by atoms with E-state index in [0.717, 1.165) is 23.7 Å². The van der Waals surface area contributed by atoms with Crippen molar-refractivity contribution in [1.82, 2.24) is 0 Å². The standard InChI is InChI=1S/C16H18OS/c1-17-16-9-5-8-15(12-16)13-18-11-10-14-6-3-2-4-7-14/h2-9,12H,10-11,13H2,1H3. The molecule has 2 aromatic carbocycles. The van der Waals surface area contributed by atoms with Crippen LogP contribution in [-0.4, -0.2) is 12.9 Å². The molecule has 0 spiro atoms. The normalized spacial score (nSPS) is 10.3. The molecule has 0 saturated heterocycles. The van der Waals surface area contributed by atoms with Gasteiger partial charge in [-0.2, -0.15) is 11.8 Å². The Morgan fingerprint density at radius 2 is 1.72 bits per heavy atom. The van der Waals surface area contributed by atoms with Crippen LogP contribution in [0.4, 0.5) is 0 Å². The molecular formula is C16H18OS. The molecule has 0 saturated carbocycles. The summed E-state index contributed by atoms with van der Waals surface area (Å²) in [6.07, 6.45) is 1.13. The summed E-state index contributed by atoms with van der Waals surface area (Å²) in [4.78, 5) is 0. The van der Waals surface area contributed by atoms with Gasteiger partial charge in [-0.25, -0.2) is 0 Å². The Balaban J connectivity index is 1.75. The van der Waals surface area contributed by atoms with E-state index < -0.39 is 0 Å². The van der Waals surface area contributed by atoms with E-state index in [1.165, 1.54) is 11.1 Å². The Hall–Kier alpha value is -1.41. The van der Waals surface area contributed by atoms with Crippen LogP contribution in [0.25, 0.3) is 0 Å². The maximum atomic E-state index is 5.22. The van der Waals surface area contributed by atoms with Crippen molar-refractivity contribution in [3.8, 4) is 5.75 Å². The van der Waals surface area contributed by atoms with Crippen molar-refractivity contribution < 1.29 is 4.74 Å². The molecule has 0 aliphatic carbocycles. The van der Waals surface area contributed by atoms with Crippen LogP contribution >= 0.6 is 11.8 Å². The van der Waals surface area contributed by atoms with E-state index in [-0.39, 0.29) is 0 Å². The van der Waals surface area contributed by atoms with Crippen molar-refractivity contribution in [2.24, 2.45) is 0 Å². The minimum Gasteiger partial charge on any atom is -0.497 e. The number of hydrogen-bond acceptors (Lipinski definition) is 2. The van der Waals surface area contributed by atoms with Gasteiger partial charge in [0.05, 0.1) is 7.11 Å². The Morgan fingerprint density at radius 1 is 0.944 bits per heavy atom. The predicted molar refractivity (Wildman–Crippen MR) is 79.3 cm³/mol. The van der Waals surface area contributed by atoms with Crippen molar-refractivity contribution in [3.05, 3.63) is 65.7 Å². The van der Waals surface area contributed by atoms with Crippen LogP contribution in [0.1, 0.15) is 11.1 Å². The summed E-state index contributed by atoms with van der Waals surface area (Å²) < 4.78 is 5.22.